The van der Waals surface area contributed by atoms with Gasteiger partial charge in [-0.1, -0.05) is 76.2 Å². The van der Waals surface area contributed by atoms with Gasteiger partial charge in [-0.15, -0.1) is 0 Å². The lowest BCUT2D eigenvalue weighted by Gasteiger charge is -2.36. The molecule has 268 valence electrons. The lowest BCUT2D eigenvalue weighted by atomic mass is 9.84. The minimum Gasteiger partial charge on any atom is -0.387 e. The molecule has 3 fully saturated rings. The minimum absolute atomic E-state index is 0.0223. The Morgan fingerprint density at radius 2 is 1.80 bits per heavy atom. The standard InChI is InChI=1S/C36H49ClFN5O6/c1-5-9-26(30(45)33(47)39-23-13-14-23)40-32(46)28-19-36(18-27(42-49-36)22-12-15-25(38)24(37)17-22)20-43(28)34(48)31(35(2,3)4)41-29(44)16-21-10-7-6-8-11-21/h12,15,17,21,23,26,28,31H,5-11,13-14,16,18-20H2,1-4H3,(H,39,47)(H,40,46)(H,41,44)/t26-,28-,31+,36?/m0/s1. The number of carbonyl (C=O) groups excluding carboxylic acids is 5. The summed E-state index contributed by atoms with van der Waals surface area (Å²) in [6.45, 7) is 7.40. The number of nitrogens with one attached hydrogen (secondary N) is 3. The Bertz CT molecular complexity index is 1490. The van der Waals surface area contributed by atoms with Crippen LogP contribution in [0.2, 0.25) is 5.02 Å². The molecular formula is C36H49ClFN5O6. The Morgan fingerprint density at radius 1 is 1.08 bits per heavy atom. The summed E-state index contributed by atoms with van der Waals surface area (Å²) in [5, 5.41) is 12.7. The van der Waals surface area contributed by atoms with Crippen molar-refractivity contribution in [1.82, 2.24) is 20.9 Å². The first-order chi connectivity index (χ1) is 23.2. The molecule has 1 unspecified atom stereocenters. The molecular weight excluding hydrogens is 653 g/mol. The minimum atomic E-state index is -1.10. The average molecular weight is 702 g/mol. The van der Waals surface area contributed by atoms with Crippen LogP contribution in [0.15, 0.2) is 23.4 Å². The van der Waals surface area contributed by atoms with Gasteiger partial charge in [0.2, 0.25) is 23.5 Å². The maximum atomic E-state index is 14.5. The van der Waals surface area contributed by atoms with Crippen molar-refractivity contribution in [3.05, 3.63) is 34.6 Å². The Kier molecular flexibility index (Phi) is 11.4. The smallest absolute Gasteiger partial charge is 0.289 e. The Balaban J connectivity index is 1.39. The molecule has 4 amide bonds. The third-order valence-corrected chi connectivity index (χ3v) is 10.3. The molecule has 5 rings (SSSR count). The van der Waals surface area contributed by atoms with E-state index in [1.165, 1.54) is 29.5 Å². The number of ketones is 1. The predicted molar refractivity (Wildman–Crippen MR) is 182 cm³/mol. The molecule has 2 aliphatic carbocycles. The summed E-state index contributed by atoms with van der Waals surface area (Å²) in [4.78, 5) is 75.2. The molecule has 2 aliphatic heterocycles. The van der Waals surface area contributed by atoms with Crippen LogP contribution in [0.5, 0.6) is 0 Å². The molecule has 3 N–H and O–H groups in total. The number of amides is 4. The summed E-state index contributed by atoms with van der Waals surface area (Å²) in [5.41, 5.74) is -0.775. The number of oxime groups is 1. The van der Waals surface area contributed by atoms with E-state index in [2.05, 4.69) is 21.1 Å². The van der Waals surface area contributed by atoms with E-state index in [-0.39, 0.29) is 48.7 Å². The van der Waals surface area contributed by atoms with Gasteiger partial charge in [-0.05, 0) is 55.6 Å². The molecule has 11 nitrogen and oxygen atoms in total. The summed E-state index contributed by atoms with van der Waals surface area (Å²) in [6, 6.07) is 1.09. The van der Waals surface area contributed by atoms with Gasteiger partial charge in [0.25, 0.3) is 5.91 Å². The third kappa shape index (κ3) is 8.98. The number of Topliss-reactive ketones (excluding diaryl/α,β-unsaturated/α-hetero) is 1. The van der Waals surface area contributed by atoms with E-state index in [0.29, 0.717) is 24.1 Å². The highest BCUT2D eigenvalue weighted by atomic mass is 35.5. The van der Waals surface area contributed by atoms with Crippen molar-refractivity contribution >= 4 is 46.7 Å². The van der Waals surface area contributed by atoms with E-state index >= 15 is 0 Å². The quantitative estimate of drug-likeness (QED) is 0.272. The molecule has 2 heterocycles. The Hall–Kier alpha value is -3.54. The van der Waals surface area contributed by atoms with E-state index in [1.54, 1.807) is 0 Å². The molecule has 1 spiro atoms. The molecule has 13 heteroatoms. The number of likely N-dealkylation sites (tertiary alicyclic amines) is 1. The number of hydrogen-bond acceptors (Lipinski definition) is 7. The zero-order chi connectivity index (χ0) is 35.5. The highest BCUT2D eigenvalue weighted by molar-refractivity contribution is 6.38. The van der Waals surface area contributed by atoms with Gasteiger partial charge in [-0.3, -0.25) is 24.0 Å². The van der Waals surface area contributed by atoms with Crippen LogP contribution in [0.25, 0.3) is 0 Å². The average Bonchev–Trinajstić information content (AvgIpc) is 3.65. The first-order valence-electron chi connectivity index (χ1n) is 17.6. The first-order valence-corrected chi connectivity index (χ1v) is 18.0. The van der Waals surface area contributed by atoms with Gasteiger partial charge in [-0.2, -0.15) is 0 Å². The number of halogens is 2. The van der Waals surface area contributed by atoms with Gasteiger partial charge in [0.15, 0.2) is 5.60 Å². The Labute approximate surface area is 292 Å². The number of nitrogens with zero attached hydrogens (tertiary/aromatic N) is 2. The van der Waals surface area contributed by atoms with E-state index in [9.17, 15) is 28.4 Å². The van der Waals surface area contributed by atoms with Crippen LogP contribution in [0, 0.1) is 17.2 Å². The monoisotopic (exact) mass is 701 g/mol. The van der Waals surface area contributed by atoms with Crippen LogP contribution < -0.4 is 16.0 Å². The van der Waals surface area contributed by atoms with Gasteiger partial charge in [0.05, 0.1) is 23.3 Å². The van der Waals surface area contributed by atoms with Crippen molar-refractivity contribution < 1.29 is 33.2 Å². The van der Waals surface area contributed by atoms with Crippen LogP contribution in [-0.4, -0.2) is 76.3 Å². The lowest BCUT2D eigenvalue weighted by molar-refractivity contribution is -0.145. The summed E-state index contributed by atoms with van der Waals surface area (Å²) >= 11 is 6.04. The molecule has 4 aliphatic rings. The fourth-order valence-electron chi connectivity index (χ4n) is 7.12. The maximum Gasteiger partial charge on any atom is 0.289 e. The molecule has 2 saturated carbocycles. The van der Waals surface area contributed by atoms with Gasteiger partial charge in [-0.25, -0.2) is 4.39 Å². The zero-order valence-corrected chi connectivity index (χ0v) is 29.7. The SMILES string of the molecule is CCC[C@H](NC(=O)[C@@H]1CC2(CC(c3ccc(F)c(Cl)c3)=NO2)CN1C(=O)[C@@H](NC(=O)CC1CCCCC1)C(C)(C)C)C(=O)C(=O)NC1CC1. The second-order valence-electron chi connectivity index (χ2n) is 15.3. The molecule has 1 saturated heterocycles. The third-order valence-electron chi connectivity index (χ3n) is 10.0. The predicted octanol–water partition coefficient (Wildman–Crippen LogP) is 4.58. The maximum absolute atomic E-state index is 14.5. The summed E-state index contributed by atoms with van der Waals surface area (Å²) in [5.74, 6) is -3.03. The molecule has 1 aromatic rings. The van der Waals surface area contributed by atoms with Crippen molar-refractivity contribution in [1.29, 1.82) is 0 Å². The summed E-state index contributed by atoms with van der Waals surface area (Å²) in [6.07, 6.45) is 8.28. The van der Waals surface area contributed by atoms with E-state index < -0.39 is 58.5 Å². The van der Waals surface area contributed by atoms with Crippen LogP contribution >= 0.6 is 11.6 Å². The number of carbonyl (C=O) groups is 5. The van der Waals surface area contributed by atoms with E-state index in [4.69, 9.17) is 16.4 Å². The van der Waals surface area contributed by atoms with Crippen molar-refractivity contribution in [2.45, 2.75) is 135 Å². The van der Waals surface area contributed by atoms with Crippen molar-refractivity contribution in [2.75, 3.05) is 6.54 Å². The fourth-order valence-corrected chi connectivity index (χ4v) is 7.30. The van der Waals surface area contributed by atoms with Crippen LogP contribution in [0.3, 0.4) is 0 Å². The summed E-state index contributed by atoms with van der Waals surface area (Å²) in [7, 11) is 0. The number of benzene rings is 1. The number of rotatable bonds is 12. The van der Waals surface area contributed by atoms with Crippen LogP contribution in [-0.2, 0) is 28.8 Å². The van der Waals surface area contributed by atoms with Crippen LogP contribution in [0.4, 0.5) is 4.39 Å². The second kappa shape index (κ2) is 15.1. The van der Waals surface area contributed by atoms with Crippen LogP contribution in [0.1, 0.15) is 110 Å². The second-order valence-corrected chi connectivity index (χ2v) is 15.7. The fraction of sp³-hybridized carbons (Fsp3) is 0.667. The highest BCUT2D eigenvalue weighted by Gasteiger charge is 2.55. The molecule has 0 aromatic heterocycles. The topological polar surface area (TPSA) is 146 Å². The molecule has 0 bridgehead atoms. The lowest BCUT2D eigenvalue weighted by Crippen LogP contribution is -2.59. The van der Waals surface area contributed by atoms with Gasteiger partial charge in [0, 0.05) is 30.9 Å². The van der Waals surface area contributed by atoms with Gasteiger partial charge >= 0.3 is 0 Å². The largest absolute Gasteiger partial charge is 0.387 e. The Morgan fingerprint density at radius 3 is 2.43 bits per heavy atom. The van der Waals surface area contributed by atoms with E-state index in [0.717, 1.165) is 38.5 Å². The molecule has 1 aromatic carbocycles. The van der Waals surface area contributed by atoms with Crippen molar-refractivity contribution in [3.63, 3.8) is 0 Å². The number of hydrogen-bond donors (Lipinski definition) is 3. The van der Waals surface area contributed by atoms with E-state index in [1.807, 2.05) is 27.7 Å². The van der Waals surface area contributed by atoms with Gasteiger partial charge < -0.3 is 25.7 Å². The molecule has 0 radical (unpaired) electrons. The highest BCUT2D eigenvalue weighted by Crippen LogP contribution is 2.40. The normalized spacial score (nSPS) is 23.8. The van der Waals surface area contributed by atoms with Crippen molar-refractivity contribution in [2.24, 2.45) is 16.5 Å². The van der Waals surface area contributed by atoms with Crippen molar-refractivity contribution in [3.8, 4) is 0 Å². The van der Waals surface area contributed by atoms with Gasteiger partial charge in [0.1, 0.15) is 17.9 Å². The first kappa shape index (κ1) is 36.7. The molecule has 4 atom stereocenters. The molecule has 49 heavy (non-hydrogen) atoms. The summed E-state index contributed by atoms with van der Waals surface area (Å²) < 4.78 is 13.9. The zero-order valence-electron chi connectivity index (χ0n) is 28.9.